The normalized spacial score (nSPS) is 18.3. The lowest BCUT2D eigenvalue weighted by atomic mass is 9.97. The maximum atomic E-state index is 12.7. The van der Waals surface area contributed by atoms with Gasteiger partial charge in [-0.15, -0.1) is 0 Å². The molecule has 6 heteroatoms. The topological polar surface area (TPSA) is 74.7 Å². The van der Waals surface area contributed by atoms with E-state index in [-0.39, 0.29) is 23.5 Å². The van der Waals surface area contributed by atoms with Gasteiger partial charge in [-0.25, -0.2) is 8.42 Å². The van der Waals surface area contributed by atoms with E-state index in [1.165, 1.54) is 0 Å². The molecule has 1 saturated heterocycles. The Bertz CT molecular complexity index is 677. The van der Waals surface area contributed by atoms with Crippen LogP contribution in [-0.2, 0) is 16.3 Å². The van der Waals surface area contributed by atoms with Crippen molar-refractivity contribution in [3.05, 3.63) is 35.4 Å². The third-order valence-corrected chi connectivity index (χ3v) is 6.31. The van der Waals surface area contributed by atoms with Crippen LogP contribution in [0.2, 0.25) is 0 Å². The zero-order valence-corrected chi connectivity index (χ0v) is 15.5. The summed E-state index contributed by atoms with van der Waals surface area (Å²) in [4.78, 5) is 14.4. The quantitative estimate of drug-likeness (QED) is 0.879. The first-order chi connectivity index (χ1) is 11.1. The Hall–Kier alpha value is -1.40. The Morgan fingerprint density at radius 1 is 1.29 bits per heavy atom. The number of aryl methyl sites for hydroxylation is 1. The summed E-state index contributed by atoms with van der Waals surface area (Å²) >= 11 is 0. The number of carbonyl (C=O) groups is 1. The third kappa shape index (κ3) is 5.31. The molecule has 0 bridgehead atoms. The summed E-state index contributed by atoms with van der Waals surface area (Å²) in [5.74, 6) is 0.228. The summed E-state index contributed by atoms with van der Waals surface area (Å²) in [6.07, 6.45) is 2.34. The molecule has 1 aromatic carbocycles. The second kappa shape index (κ2) is 7.23. The molecular formula is C18H27NO4S. The summed E-state index contributed by atoms with van der Waals surface area (Å²) in [5.41, 5.74) is 0.895. The van der Waals surface area contributed by atoms with Gasteiger partial charge in [-0.3, -0.25) is 4.79 Å². The van der Waals surface area contributed by atoms with E-state index in [0.29, 0.717) is 31.2 Å². The number of hydrogen-bond donors (Lipinski definition) is 1. The minimum Gasteiger partial charge on any atom is -0.390 e. The Balaban J connectivity index is 2.04. The molecule has 5 nitrogen and oxygen atoms in total. The van der Waals surface area contributed by atoms with Crippen LogP contribution >= 0.6 is 0 Å². The summed E-state index contributed by atoms with van der Waals surface area (Å²) < 4.78 is 23.1. The maximum absolute atomic E-state index is 12.7. The molecule has 0 aromatic heterocycles. The Labute approximate surface area is 144 Å². The molecule has 134 valence electrons. The lowest BCUT2D eigenvalue weighted by Crippen LogP contribution is -2.42. The van der Waals surface area contributed by atoms with E-state index in [2.05, 4.69) is 0 Å². The smallest absolute Gasteiger partial charge is 0.253 e. The van der Waals surface area contributed by atoms with Crippen molar-refractivity contribution in [1.82, 2.24) is 4.90 Å². The molecule has 0 spiro atoms. The highest BCUT2D eigenvalue weighted by Gasteiger charge is 2.29. The highest BCUT2D eigenvalue weighted by molar-refractivity contribution is 7.91. The molecule has 0 saturated carbocycles. The molecule has 1 N–H and O–H groups in total. The van der Waals surface area contributed by atoms with Crippen molar-refractivity contribution in [2.24, 2.45) is 0 Å². The van der Waals surface area contributed by atoms with Gasteiger partial charge < -0.3 is 10.0 Å². The zero-order valence-electron chi connectivity index (χ0n) is 14.7. The van der Waals surface area contributed by atoms with Crippen LogP contribution in [0.3, 0.4) is 0 Å². The first kappa shape index (κ1) is 18.9. The van der Waals surface area contributed by atoms with Gasteiger partial charge in [0.2, 0.25) is 0 Å². The summed E-state index contributed by atoms with van der Waals surface area (Å²) in [7, 11) is -1.18. The molecule has 24 heavy (non-hydrogen) atoms. The summed E-state index contributed by atoms with van der Waals surface area (Å²) in [6, 6.07) is 7.43. The van der Waals surface area contributed by atoms with Gasteiger partial charge in [-0.1, -0.05) is 12.1 Å². The summed E-state index contributed by atoms with van der Waals surface area (Å²) in [6.45, 7) is 3.54. The molecule has 0 atom stereocenters. The number of nitrogens with zero attached hydrogens (tertiary/aromatic N) is 1. The van der Waals surface area contributed by atoms with Gasteiger partial charge in [-0.2, -0.15) is 0 Å². The van der Waals surface area contributed by atoms with Gasteiger partial charge in [-0.05, 0) is 57.2 Å². The van der Waals surface area contributed by atoms with Crippen molar-refractivity contribution < 1.29 is 18.3 Å². The highest BCUT2D eigenvalue weighted by Crippen LogP contribution is 2.20. The average molecular weight is 353 g/mol. The Kier molecular flexibility index (Phi) is 5.71. The second-order valence-electron chi connectivity index (χ2n) is 7.31. The number of carbonyl (C=O) groups excluding carboxylic acids is 1. The van der Waals surface area contributed by atoms with Crippen molar-refractivity contribution >= 4 is 15.7 Å². The fourth-order valence-corrected chi connectivity index (χ4v) is 4.41. The third-order valence-electron chi connectivity index (χ3n) is 4.59. The first-order valence-electron chi connectivity index (χ1n) is 8.36. The zero-order chi connectivity index (χ0) is 18.0. The Morgan fingerprint density at radius 3 is 2.50 bits per heavy atom. The summed E-state index contributed by atoms with van der Waals surface area (Å²) in [5, 5.41) is 9.83. The number of sulfone groups is 1. The predicted octanol–water partition coefficient (Wildman–Crippen LogP) is 2.04. The molecule has 1 heterocycles. The fraction of sp³-hybridized carbons (Fsp3) is 0.611. The maximum Gasteiger partial charge on any atom is 0.253 e. The Morgan fingerprint density at radius 2 is 1.92 bits per heavy atom. The first-order valence-corrected chi connectivity index (χ1v) is 10.2. The standard InChI is InChI=1S/C18H27NO4S/c1-18(2,21)10-7-14-5-4-6-15(13-14)17(20)19(3)16-8-11-24(22,23)12-9-16/h4-6,13,16,21H,7-12H2,1-3H3. The van der Waals surface area contributed by atoms with Crippen LogP contribution in [0.25, 0.3) is 0 Å². The van der Waals surface area contributed by atoms with Crippen molar-refractivity contribution in [2.75, 3.05) is 18.6 Å². The number of amides is 1. The van der Waals surface area contributed by atoms with Crippen molar-refractivity contribution in [3.8, 4) is 0 Å². The molecule has 1 aromatic rings. The van der Waals surface area contributed by atoms with Crippen LogP contribution in [0, 0.1) is 0 Å². The molecule has 0 aliphatic carbocycles. The largest absolute Gasteiger partial charge is 0.390 e. The minimum absolute atomic E-state index is 0.0268. The van der Waals surface area contributed by atoms with E-state index in [9.17, 15) is 18.3 Å². The van der Waals surface area contributed by atoms with Gasteiger partial charge in [0.25, 0.3) is 5.91 Å². The number of rotatable bonds is 5. The lowest BCUT2D eigenvalue weighted by Gasteiger charge is -2.31. The van der Waals surface area contributed by atoms with Gasteiger partial charge in [0, 0.05) is 18.7 Å². The van der Waals surface area contributed by atoms with E-state index >= 15 is 0 Å². The van der Waals surface area contributed by atoms with E-state index in [4.69, 9.17) is 0 Å². The fourth-order valence-electron chi connectivity index (χ4n) is 2.94. The molecule has 2 rings (SSSR count). The average Bonchev–Trinajstić information content (AvgIpc) is 2.51. The van der Waals surface area contributed by atoms with Crippen molar-refractivity contribution in [2.45, 2.75) is 51.2 Å². The van der Waals surface area contributed by atoms with Gasteiger partial charge >= 0.3 is 0 Å². The van der Waals surface area contributed by atoms with E-state index in [1.54, 1.807) is 31.9 Å². The van der Waals surface area contributed by atoms with Crippen LogP contribution in [0.1, 0.15) is 49.0 Å². The lowest BCUT2D eigenvalue weighted by molar-refractivity contribution is 0.0714. The van der Waals surface area contributed by atoms with Crippen LogP contribution in [-0.4, -0.2) is 54.5 Å². The monoisotopic (exact) mass is 353 g/mol. The van der Waals surface area contributed by atoms with Crippen LogP contribution in [0.4, 0.5) is 0 Å². The number of benzene rings is 1. The molecule has 1 fully saturated rings. The van der Waals surface area contributed by atoms with Gasteiger partial charge in [0.05, 0.1) is 17.1 Å². The van der Waals surface area contributed by atoms with Crippen molar-refractivity contribution in [1.29, 1.82) is 0 Å². The second-order valence-corrected chi connectivity index (χ2v) is 9.62. The SMILES string of the molecule is CN(C(=O)c1cccc(CCC(C)(C)O)c1)C1CCS(=O)(=O)CC1. The predicted molar refractivity (Wildman–Crippen MR) is 94.8 cm³/mol. The minimum atomic E-state index is -2.93. The van der Waals surface area contributed by atoms with Crippen LogP contribution in [0.15, 0.2) is 24.3 Å². The van der Waals surface area contributed by atoms with E-state index < -0.39 is 15.4 Å². The number of aliphatic hydroxyl groups is 1. The van der Waals surface area contributed by atoms with Gasteiger partial charge in [0.15, 0.2) is 0 Å². The van der Waals surface area contributed by atoms with E-state index in [1.807, 2.05) is 18.2 Å². The molecule has 1 amide bonds. The van der Waals surface area contributed by atoms with E-state index in [0.717, 1.165) is 5.56 Å². The molecule has 0 radical (unpaired) electrons. The number of hydrogen-bond acceptors (Lipinski definition) is 4. The highest BCUT2D eigenvalue weighted by atomic mass is 32.2. The van der Waals surface area contributed by atoms with Gasteiger partial charge in [0.1, 0.15) is 9.84 Å². The van der Waals surface area contributed by atoms with Crippen LogP contribution in [0.5, 0.6) is 0 Å². The van der Waals surface area contributed by atoms with Crippen molar-refractivity contribution in [3.63, 3.8) is 0 Å². The molecule has 1 aliphatic heterocycles. The molecule has 1 aliphatic rings. The molecule has 0 unspecified atom stereocenters. The van der Waals surface area contributed by atoms with Crippen LogP contribution < -0.4 is 0 Å². The molecular weight excluding hydrogens is 326 g/mol.